The highest BCUT2D eigenvalue weighted by atomic mass is 16.1. The maximum absolute atomic E-state index is 9.91. The van der Waals surface area contributed by atoms with E-state index in [0.29, 0.717) is 5.82 Å². The van der Waals surface area contributed by atoms with Gasteiger partial charge in [-0.15, -0.1) is 10.1 Å². The van der Waals surface area contributed by atoms with Crippen molar-refractivity contribution >= 4 is 17.4 Å². The van der Waals surface area contributed by atoms with Crippen molar-refractivity contribution in [3.8, 4) is 0 Å². The first kappa shape index (κ1) is 6.76. The number of rotatable bonds is 1. The molecule has 2 rings (SSSR count). The third-order valence-electron chi connectivity index (χ3n) is 1.52. The molecule has 4 heteroatoms. The number of hydrogen-bond donors (Lipinski definition) is 0. The van der Waals surface area contributed by atoms with Crippen molar-refractivity contribution < 1.29 is 4.79 Å². The standard InChI is InChI=1S/C8H5N3O/c12-6-9-8-5-7-3-1-2-4-11(7)10-8/h1-5H. The molecule has 0 fully saturated rings. The molecule has 4 nitrogen and oxygen atoms in total. The predicted octanol–water partition coefficient (Wildman–Crippen LogP) is 1.30. The second-order valence-electron chi connectivity index (χ2n) is 2.28. The lowest BCUT2D eigenvalue weighted by atomic mass is 10.4. The molecule has 0 bridgehead atoms. The average molecular weight is 159 g/mol. The zero-order valence-corrected chi connectivity index (χ0v) is 6.14. The van der Waals surface area contributed by atoms with Gasteiger partial charge in [0.25, 0.3) is 0 Å². The lowest BCUT2D eigenvalue weighted by molar-refractivity contribution is 0.565. The maximum atomic E-state index is 9.91. The molecule has 0 aliphatic rings. The summed E-state index contributed by atoms with van der Waals surface area (Å²) in [6.07, 6.45) is 3.23. The monoisotopic (exact) mass is 159 g/mol. The molecule has 2 heterocycles. The van der Waals surface area contributed by atoms with Crippen LogP contribution < -0.4 is 0 Å². The van der Waals surface area contributed by atoms with Gasteiger partial charge in [0.05, 0.1) is 5.52 Å². The van der Waals surface area contributed by atoms with Crippen molar-refractivity contribution in [2.45, 2.75) is 0 Å². The van der Waals surface area contributed by atoms with Crippen LogP contribution >= 0.6 is 0 Å². The molecule has 58 valence electrons. The fraction of sp³-hybridized carbons (Fsp3) is 0. The highest BCUT2D eigenvalue weighted by Gasteiger charge is 1.96. The maximum Gasteiger partial charge on any atom is 0.242 e. The fourth-order valence-corrected chi connectivity index (χ4v) is 1.03. The van der Waals surface area contributed by atoms with Gasteiger partial charge in [0, 0.05) is 12.3 Å². The summed E-state index contributed by atoms with van der Waals surface area (Å²) < 4.78 is 1.65. The lowest BCUT2D eigenvalue weighted by Gasteiger charge is -1.86. The van der Waals surface area contributed by atoms with Gasteiger partial charge in [0.1, 0.15) is 0 Å². The topological polar surface area (TPSA) is 46.7 Å². The number of aromatic nitrogens is 2. The van der Waals surface area contributed by atoms with Gasteiger partial charge in [-0.3, -0.25) is 0 Å². The zero-order valence-electron chi connectivity index (χ0n) is 6.14. The third-order valence-corrected chi connectivity index (χ3v) is 1.52. The van der Waals surface area contributed by atoms with E-state index in [0.717, 1.165) is 5.52 Å². The van der Waals surface area contributed by atoms with E-state index >= 15 is 0 Å². The summed E-state index contributed by atoms with van der Waals surface area (Å²) in [6, 6.07) is 7.35. The van der Waals surface area contributed by atoms with Crippen LogP contribution in [0, 0.1) is 0 Å². The van der Waals surface area contributed by atoms with E-state index in [1.807, 2.05) is 18.2 Å². The first-order chi connectivity index (χ1) is 5.90. The van der Waals surface area contributed by atoms with Gasteiger partial charge in [0.15, 0.2) is 5.82 Å². The Bertz CT molecular complexity index is 421. The summed E-state index contributed by atoms with van der Waals surface area (Å²) in [5.74, 6) is 0.385. The lowest BCUT2D eigenvalue weighted by Crippen LogP contribution is -1.82. The Labute approximate surface area is 68.2 Å². The van der Waals surface area contributed by atoms with Gasteiger partial charge in [0.2, 0.25) is 6.08 Å². The minimum absolute atomic E-state index is 0.385. The van der Waals surface area contributed by atoms with Crippen LogP contribution in [0.2, 0.25) is 0 Å². The number of isocyanates is 1. The summed E-state index contributed by atoms with van der Waals surface area (Å²) in [7, 11) is 0. The van der Waals surface area contributed by atoms with Gasteiger partial charge in [-0.25, -0.2) is 9.31 Å². The van der Waals surface area contributed by atoms with Crippen LogP contribution in [0.15, 0.2) is 35.5 Å². The van der Waals surface area contributed by atoms with Crippen LogP contribution in [0.25, 0.3) is 5.52 Å². The molecule has 0 saturated carbocycles. The summed E-state index contributed by atoms with van der Waals surface area (Å²) in [6.45, 7) is 0. The van der Waals surface area contributed by atoms with E-state index < -0.39 is 0 Å². The highest BCUT2D eigenvalue weighted by molar-refractivity contribution is 5.56. The van der Waals surface area contributed by atoms with Crippen LogP contribution in [-0.4, -0.2) is 15.7 Å². The number of pyridine rings is 1. The average Bonchev–Trinajstić information content (AvgIpc) is 2.47. The molecule has 12 heavy (non-hydrogen) atoms. The number of aliphatic imine (C=N–C) groups is 1. The Morgan fingerprint density at radius 3 is 3.17 bits per heavy atom. The zero-order chi connectivity index (χ0) is 8.39. The quantitative estimate of drug-likeness (QED) is 0.465. The molecule has 0 radical (unpaired) electrons. The molecule has 0 saturated heterocycles. The van der Waals surface area contributed by atoms with Gasteiger partial charge in [-0.2, -0.15) is 0 Å². The van der Waals surface area contributed by atoms with Crippen molar-refractivity contribution in [1.82, 2.24) is 9.61 Å². The molecule has 0 N–H and O–H groups in total. The van der Waals surface area contributed by atoms with Crippen LogP contribution in [0.3, 0.4) is 0 Å². The molecule has 0 aliphatic carbocycles. The van der Waals surface area contributed by atoms with Crippen LogP contribution in [0.4, 0.5) is 5.82 Å². The number of nitrogens with zero attached hydrogens (tertiary/aromatic N) is 3. The summed E-state index contributed by atoms with van der Waals surface area (Å²) in [5.41, 5.74) is 0.909. The summed E-state index contributed by atoms with van der Waals surface area (Å²) >= 11 is 0. The van der Waals surface area contributed by atoms with E-state index in [2.05, 4.69) is 10.1 Å². The molecule has 2 aromatic rings. The van der Waals surface area contributed by atoms with Crippen LogP contribution in [0.5, 0.6) is 0 Å². The molecule has 2 aromatic heterocycles. The molecule has 0 aliphatic heterocycles. The van der Waals surface area contributed by atoms with E-state index in [9.17, 15) is 4.79 Å². The first-order valence-electron chi connectivity index (χ1n) is 3.42. The van der Waals surface area contributed by atoms with Gasteiger partial charge in [-0.1, -0.05) is 6.07 Å². The van der Waals surface area contributed by atoms with Crippen molar-refractivity contribution in [1.29, 1.82) is 0 Å². The van der Waals surface area contributed by atoms with Crippen molar-refractivity contribution in [2.75, 3.05) is 0 Å². The largest absolute Gasteiger partial charge is 0.242 e. The van der Waals surface area contributed by atoms with Crippen molar-refractivity contribution in [3.05, 3.63) is 30.5 Å². The smallest absolute Gasteiger partial charge is 0.239 e. The molecule has 0 amide bonds. The van der Waals surface area contributed by atoms with Crippen LogP contribution in [-0.2, 0) is 4.79 Å². The molecule has 0 atom stereocenters. The van der Waals surface area contributed by atoms with E-state index in [1.54, 1.807) is 16.8 Å². The number of carbonyl (C=O) groups excluding carboxylic acids is 1. The number of hydrogen-bond acceptors (Lipinski definition) is 3. The number of fused-ring (bicyclic) bond motifs is 1. The Kier molecular flexibility index (Phi) is 1.47. The van der Waals surface area contributed by atoms with Crippen molar-refractivity contribution in [2.24, 2.45) is 4.99 Å². The Morgan fingerprint density at radius 1 is 1.50 bits per heavy atom. The Balaban J connectivity index is 2.69. The van der Waals surface area contributed by atoms with E-state index in [4.69, 9.17) is 0 Å². The Hall–Kier alpha value is -1.93. The fourth-order valence-electron chi connectivity index (χ4n) is 1.03. The van der Waals surface area contributed by atoms with Crippen molar-refractivity contribution in [3.63, 3.8) is 0 Å². The van der Waals surface area contributed by atoms with Gasteiger partial charge in [-0.05, 0) is 12.1 Å². The van der Waals surface area contributed by atoms with E-state index in [1.165, 1.54) is 6.08 Å². The summed E-state index contributed by atoms with van der Waals surface area (Å²) in [4.78, 5) is 13.3. The Morgan fingerprint density at radius 2 is 2.42 bits per heavy atom. The predicted molar refractivity (Wildman–Crippen MR) is 43.0 cm³/mol. The SMILES string of the molecule is O=C=Nc1cc2ccccn2n1. The minimum atomic E-state index is 0.385. The minimum Gasteiger partial charge on any atom is -0.239 e. The molecular weight excluding hydrogens is 154 g/mol. The van der Waals surface area contributed by atoms with Gasteiger partial charge < -0.3 is 0 Å². The second-order valence-corrected chi connectivity index (χ2v) is 2.28. The third kappa shape index (κ3) is 1.00. The highest BCUT2D eigenvalue weighted by Crippen LogP contribution is 2.11. The van der Waals surface area contributed by atoms with Gasteiger partial charge >= 0.3 is 0 Å². The van der Waals surface area contributed by atoms with Crippen LogP contribution in [0.1, 0.15) is 0 Å². The van der Waals surface area contributed by atoms with E-state index in [-0.39, 0.29) is 0 Å². The molecule has 0 aromatic carbocycles. The first-order valence-corrected chi connectivity index (χ1v) is 3.42. The molecule has 0 spiro atoms. The molecular formula is C8H5N3O. The summed E-state index contributed by atoms with van der Waals surface area (Å²) in [5, 5.41) is 3.99. The normalized spacial score (nSPS) is 9.67. The second kappa shape index (κ2) is 2.60. The molecule has 0 unspecified atom stereocenters.